The fraction of sp³-hybridized carbons (Fsp3) is 0.304. The van der Waals surface area contributed by atoms with E-state index >= 15 is 0 Å². The number of nitrogens with one attached hydrogen (secondary N) is 1. The third-order valence-electron chi connectivity index (χ3n) is 4.87. The molecule has 1 fully saturated rings. The highest BCUT2D eigenvalue weighted by Gasteiger charge is 2.24. The van der Waals surface area contributed by atoms with Crippen LogP contribution in [0.3, 0.4) is 0 Å². The summed E-state index contributed by atoms with van der Waals surface area (Å²) < 4.78 is 12.7. The molecular formula is C23H25N3O3S. The van der Waals surface area contributed by atoms with Gasteiger partial charge in [0, 0.05) is 24.5 Å². The normalized spacial score (nSPS) is 16.7. The van der Waals surface area contributed by atoms with Crippen LogP contribution in [0.4, 0.5) is 0 Å². The maximum atomic E-state index is 12.4. The Labute approximate surface area is 181 Å². The monoisotopic (exact) mass is 423 g/mol. The van der Waals surface area contributed by atoms with Crippen molar-refractivity contribution in [2.75, 3.05) is 33.9 Å². The molecule has 156 valence electrons. The van der Waals surface area contributed by atoms with Gasteiger partial charge in [-0.25, -0.2) is 4.31 Å². The van der Waals surface area contributed by atoms with Crippen LogP contribution in [-0.4, -0.2) is 44.1 Å². The number of carbonyl (C=O) groups excluding carboxylic acids is 1. The molecule has 7 heteroatoms. The lowest BCUT2D eigenvalue weighted by molar-refractivity contribution is -0.117. The summed E-state index contributed by atoms with van der Waals surface area (Å²) in [5.74, 6) is 1.59. The first kappa shape index (κ1) is 21.8. The quantitative estimate of drug-likeness (QED) is 0.396. The second-order valence-electron chi connectivity index (χ2n) is 6.97. The Balaban J connectivity index is 1.50. The van der Waals surface area contributed by atoms with Crippen molar-refractivity contribution in [2.24, 2.45) is 5.92 Å². The van der Waals surface area contributed by atoms with Gasteiger partial charge in [0.15, 0.2) is 0 Å². The van der Waals surface area contributed by atoms with E-state index in [-0.39, 0.29) is 11.5 Å². The van der Waals surface area contributed by atoms with Crippen LogP contribution in [0, 0.1) is 17.2 Å². The van der Waals surface area contributed by atoms with Gasteiger partial charge in [0.1, 0.15) is 23.1 Å². The Bertz CT molecular complexity index is 937. The molecule has 1 atom stereocenters. The van der Waals surface area contributed by atoms with E-state index in [1.807, 2.05) is 36.4 Å². The van der Waals surface area contributed by atoms with Crippen LogP contribution in [0.15, 0.2) is 59.0 Å². The summed E-state index contributed by atoms with van der Waals surface area (Å²) in [6.45, 7) is 2.39. The molecule has 0 aliphatic carbocycles. The van der Waals surface area contributed by atoms with E-state index in [2.05, 4.69) is 15.7 Å². The number of ether oxygens (including phenoxy) is 2. The summed E-state index contributed by atoms with van der Waals surface area (Å²) >= 11 is 1.70. The van der Waals surface area contributed by atoms with Crippen molar-refractivity contribution in [1.29, 1.82) is 5.26 Å². The maximum Gasteiger partial charge on any atom is 0.261 e. The van der Waals surface area contributed by atoms with Crippen molar-refractivity contribution < 1.29 is 14.3 Å². The molecule has 1 heterocycles. The summed E-state index contributed by atoms with van der Waals surface area (Å²) in [6.07, 6.45) is 2.59. The van der Waals surface area contributed by atoms with Crippen LogP contribution >= 0.6 is 11.9 Å². The molecule has 1 aliphatic heterocycles. The Hall–Kier alpha value is -2.95. The van der Waals surface area contributed by atoms with Crippen LogP contribution in [0.25, 0.3) is 6.08 Å². The van der Waals surface area contributed by atoms with Gasteiger partial charge in [0.05, 0.1) is 14.2 Å². The molecule has 1 amide bonds. The molecule has 3 rings (SSSR count). The van der Waals surface area contributed by atoms with E-state index in [0.717, 1.165) is 41.5 Å². The number of nitrogens with zero attached hydrogens (tertiary/aromatic N) is 2. The molecule has 1 aliphatic rings. The highest BCUT2D eigenvalue weighted by molar-refractivity contribution is 7.97. The predicted molar refractivity (Wildman–Crippen MR) is 118 cm³/mol. The first-order chi connectivity index (χ1) is 14.6. The summed E-state index contributed by atoms with van der Waals surface area (Å²) in [5.41, 5.74) is 0.880. The molecule has 0 radical (unpaired) electrons. The minimum Gasteiger partial charge on any atom is -0.497 e. The Morgan fingerprint density at radius 1 is 1.23 bits per heavy atom. The van der Waals surface area contributed by atoms with E-state index in [9.17, 15) is 10.1 Å². The van der Waals surface area contributed by atoms with E-state index in [1.54, 1.807) is 44.4 Å². The van der Waals surface area contributed by atoms with Gasteiger partial charge >= 0.3 is 0 Å². The van der Waals surface area contributed by atoms with Crippen molar-refractivity contribution in [1.82, 2.24) is 9.62 Å². The summed E-state index contributed by atoms with van der Waals surface area (Å²) in [4.78, 5) is 13.6. The molecule has 2 aromatic rings. The number of carbonyl (C=O) groups is 1. The highest BCUT2D eigenvalue weighted by Crippen LogP contribution is 2.30. The molecular weight excluding hydrogens is 398 g/mol. The topological polar surface area (TPSA) is 74.6 Å². The third-order valence-corrected chi connectivity index (χ3v) is 5.92. The van der Waals surface area contributed by atoms with E-state index < -0.39 is 0 Å². The van der Waals surface area contributed by atoms with Crippen molar-refractivity contribution in [3.05, 3.63) is 59.7 Å². The SMILES string of the molecule is COc1ccc(/C=C(\C#N)C(=O)NCC2CCN(Sc3cccc(OC)c3)C2)cc1. The molecule has 2 aromatic carbocycles. The molecule has 0 aromatic heterocycles. The lowest BCUT2D eigenvalue weighted by Gasteiger charge is -2.15. The van der Waals surface area contributed by atoms with Gasteiger partial charge in [0.2, 0.25) is 0 Å². The Morgan fingerprint density at radius 2 is 2.00 bits per heavy atom. The number of methoxy groups -OCH3 is 2. The van der Waals surface area contributed by atoms with Crippen LogP contribution in [0.2, 0.25) is 0 Å². The zero-order valence-corrected chi connectivity index (χ0v) is 17.9. The molecule has 0 bridgehead atoms. The number of rotatable bonds is 8. The first-order valence-electron chi connectivity index (χ1n) is 9.72. The predicted octanol–water partition coefficient (Wildman–Crippen LogP) is 3.76. The smallest absolute Gasteiger partial charge is 0.261 e. The standard InChI is InChI=1S/C23H25N3O3S/c1-28-20-8-6-17(7-9-20)12-19(14-24)23(27)25-15-18-10-11-26(16-18)30-22-5-3-4-21(13-22)29-2/h3-9,12-13,18H,10-11,15-16H2,1-2H3,(H,25,27)/b19-12+. The van der Waals surface area contributed by atoms with Crippen LogP contribution in [0.5, 0.6) is 11.5 Å². The molecule has 1 N–H and O–H groups in total. The molecule has 6 nitrogen and oxygen atoms in total. The number of nitriles is 1. The first-order valence-corrected chi connectivity index (χ1v) is 10.5. The average molecular weight is 424 g/mol. The van der Waals surface area contributed by atoms with Gasteiger partial charge in [-0.15, -0.1) is 0 Å². The zero-order valence-electron chi connectivity index (χ0n) is 17.1. The van der Waals surface area contributed by atoms with Gasteiger partial charge in [-0.1, -0.05) is 18.2 Å². The lowest BCUT2D eigenvalue weighted by atomic mass is 10.1. The average Bonchev–Trinajstić information content (AvgIpc) is 3.23. The second kappa shape index (κ2) is 10.7. The fourth-order valence-electron chi connectivity index (χ4n) is 3.20. The largest absolute Gasteiger partial charge is 0.497 e. The molecule has 1 saturated heterocycles. The van der Waals surface area contributed by atoms with E-state index in [4.69, 9.17) is 9.47 Å². The van der Waals surface area contributed by atoms with Gasteiger partial charge in [0.25, 0.3) is 5.91 Å². The van der Waals surface area contributed by atoms with Crippen molar-refractivity contribution in [3.8, 4) is 17.6 Å². The molecule has 0 saturated carbocycles. The molecule has 1 unspecified atom stereocenters. The highest BCUT2D eigenvalue weighted by atomic mass is 32.2. The van der Waals surface area contributed by atoms with Crippen molar-refractivity contribution in [3.63, 3.8) is 0 Å². The summed E-state index contributed by atoms with van der Waals surface area (Å²) in [6, 6.07) is 17.2. The second-order valence-corrected chi connectivity index (χ2v) is 8.14. The number of benzene rings is 2. The number of hydrogen-bond donors (Lipinski definition) is 1. The number of hydrogen-bond acceptors (Lipinski definition) is 6. The van der Waals surface area contributed by atoms with Gasteiger partial charge < -0.3 is 14.8 Å². The summed E-state index contributed by atoms with van der Waals surface area (Å²) in [5, 5.41) is 12.3. The van der Waals surface area contributed by atoms with Crippen LogP contribution in [0.1, 0.15) is 12.0 Å². The van der Waals surface area contributed by atoms with E-state index in [0.29, 0.717) is 12.5 Å². The Morgan fingerprint density at radius 3 is 2.70 bits per heavy atom. The lowest BCUT2D eigenvalue weighted by Crippen LogP contribution is -2.31. The van der Waals surface area contributed by atoms with Crippen molar-refractivity contribution >= 4 is 23.9 Å². The third kappa shape index (κ3) is 6.02. The van der Waals surface area contributed by atoms with Crippen LogP contribution in [-0.2, 0) is 4.79 Å². The Kier molecular flexibility index (Phi) is 7.77. The van der Waals surface area contributed by atoms with Gasteiger partial charge in [-0.05, 0) is 66.3 Å². The zero-order chi connectivity index (χ0) is 21.3. The molecule has 30 heavy (non-hydrogen) atoms. The minimum atomic E-state index is -0.341. The van der Waals surface area contributed by atoms with E-state index in [1.165, 1.54) is 0 Å². The van der Waals surface area contributed by atoms with Crippen molar-refractivity contribution in [2.45, 2.75) is 11.3 Å². The summed E-state index contributed by atoms with van der Waals surface area (Å²) in [7, 11) is 3.26. The van der Waals surface area contributed by atoms with Crippen LogP contribution < -0.4 is 14.8 Å². The molecule has 0 spiro atoms. The maximum absolute atomic E-state index is 12.4. The van der Waals surface area contributed by atoms with Gasteiger partial charge in [-0.3, -0.25) is 4.79 Å². The van der Waals surface area contributed by atoms with Gasteiger partial charge in [-0.2, -0.15) is 5.26 Å². The number of amides is 1. The minimum absolute atomic E-state index is 0.0979. The fourth-order valence-corrected chi connectivity index (χ4v) is 4.29.